The maximum atomic E-state index is 4.44. The van der Waals surface area contributed by atoms with E-state index in [2.05, 4.69) is 37.7 Å². The minimum atomic E-state index is 0.387. The van der Waals surface area contributed by atoms with Gasteiger partial charge >= 0.3 is 0 Å². The van der Waals surface area contributed by atoms with Gasteiger partial charge in [0.1, 0.15) is 5.01 Å². The molecule has 0 aromatic carbocycles. The minimum absolute atomic E-state index is 0.387. The lowest BCUT2D eigenvalue weighted by molar-refractivity contribution is 0.362. The number of hydrogen-bond acceptors (Lipinski definition) is 6. The lowest BCUT2D eigenvalue weighted by atomic mass is 10.0. The molecule has 112 valence electrons. The largest absolute Gasteiger partial charge is 0.355 e. The standard InChI is InChI=1S/C15H21N5S/c1-2-13(15-16-8-11-21-15)18-12-5-9-20(10-6-12)14-4-3-7-17-19-14/h3-4,7-8,11-13,18H,2,5-6,9-10H2,1H3. The maximum Gasteiger partial charge on any atom is 0.151 e. The van der Waals surface area contributed by atoms with E-state index in [-0.39, 0.29) is 0 Å². The predicted molar refractivity (Wildman–Crippen MR) is 85.5 cm³/mol. The van der Waals surface area contributed by atoms with Crippen LogP contribution in [0.15, 0.2) is 29.9 Å². The van der Waals surface area contributed by atoms with Gasteiger partial charge in [-0.2, -0.15) is 5.10 Å². The highest BCUT2D eigenvalue weighted by Gasteiger charge is 2.23. The minimum Gasteiger partial charge on any atom is -0.355 e. The number of thiazole rings is 1. The van der Waals surface area contributed by atoms with Gasteiger partial charge in [0.05, 0.1) is 6.04 Å². The fourth-order valence-electron chi connectivity index (χ4n) is 2.79. The first-order chi connectivity index (χ1) is 10.4. The normalized spacial score (nSPS) is 17.9. The van der Waals surface area contributed by atoms with Gasteiger partial charge < -0.3 is 10.2 Å². The molecular formula is C15H21N5S. The molecule has 2 aromatic heterocycles. The molecule has 1 N–H and O–H groups in total. The van der Waals surface area contributed by atoms with Gasteiger partial charge in [0.25, 0.3) is 0 Å². The Hall–Kier alpha value is -1.53. The molecule has 0 amide bonds. The predicted octanol–water partition coefficient (Wildman–Crippen LogP) is 2.64. The van der Waals surface area contributed by atoms with E-state index < -0.39 is 0 Å². The van der Waals surface area contributed by atoms with Crippen molar-refractivity contribution in [1.82, 2.24) is 20.5 Å². The summed E-state index contributed by atoms with van der Waals surface area (Å²) in [6.45, 7) is 4.28. The van der Waals surface area contributed by atoms with Gasteiger partial charge in [-0.3, -0.25) is 0 Å². The molecule has 0 saturated carbocycles. The molecule has 0 spiro atoms. The van der Waals surface area contributed by atoms with Crippen molar-refractivity contribution >= 4 is 17.2 Å². The van der Waals surface area contributed by atoms with Crippen molar-refractivity contribution in [3.05, 3.63) is 34.9 Å². The third-order valence-electron chi connectivity index (χ3n) is 3.97. The maximum absolute atomic E-state index is 4.44. The van der Waals surface area contributed by atoms with E-state index in [0.717, 1.165) is 38.2 Å². The molecule has 3 rings (SSSR count). The molecular weight excluding hydrogens is 282 g/mol. The number of anilines is 1. The molecule has 1 unspecified atom stereocenters. The molecule has 3 heterocycles. The third-order valence-corrected chi connectivity index (χ3v) is 4.86. The highest BCUT2D eigenvalue weighted by Crippen LogP contribution is 2.23. The summed E-state index contributed by atoms with van der Waals surface area (Å²) < 4.78 is 0. The van der Waals surface area contributed by atoms with Gasteiger partial charge in [-0.15, -0.1) is 16.4 Å². The van der Waals surface area contributed by atoms with Crippen LogP contribution < -0.4 is 10.2 Å². The van der Waals surface area contributed by atoms with E-state index in [1.54, 1.807) is 17.5 Å². The smallest absolute Gasteiger partial charge is 0.151 e. The first-order valence-corrected chi connectivity index (χ1v) is 8.43. The van der Waals surface area contributed by atoms with Crippen molar-refractivity contribution in [3.63, 3.8) is 0 Å². The molecule has 2 aromatic rings. The molecule has 1 fully saturated rings. The Morgan fingerprint density at radius 3 is 2.86 bits per heavy atom. The second-order valence-electron chi connectivity index (χ2n) is 5.34. The fraction of sp³-hybridized carbons (Fsp3) is 0.533. The van der Waals surface area contributed by atoms with Gasteiger partial charge in [-0.25, -0.2) is 4.98 Å². The van der Waals surface area contributed by atoms with Gasteiger partial charge in [0, 0.05) is 36.9 Å². The van der Waals surface area contributed by atoms with Gasteiger partial charge in [0.2, 0.25) is 0 Å². The number of rotatable bonds is 5. The molecule has 0 radical (unpaired) electrons. The average Bonchev–Trinajstić information content (AvgIpc) is 3.08. The van der Waals surface area contributed by atoms with E-state index in [1.165, 1.54) is 5.01 Å². The van der Waals surface area contributed by atoms with Crippen LogP contribution >= 0.6 is 11.3 Å². The van der Waals surface area contributed by atoms with Crippen LogP contribution in [0.5, 0.6) is 0 Å². The molecule has 0 bridgehead atoms. The van der Waals surface area contributed by atoms with E-state index in [9.17, 15) is 0 Å². The summed E-state index contributed by atoms with van der Waals surface area (Å²) >= 11 is 1.74. The molecule has 6 heteroatoms. The monoisotopic (exact) mass is 303 g/mol. The SMILES string of the molecule is CCC(NC1CCN(c2cccnn2)CC1)c1nccs1. The zero-order chi connectivity index (χ0) is 14.5. The van der Waals surface area contributed by atoms with E-state index >= 15 is 0 Å². The molecule has 1 saturated heterocycles. The molecule has 1 aliphatic heterocycles. The first kappa shape index (κ1) is 14.4. The lowest BCUT2D eigenvalue weighted by Crippen LogP contribution is -2.44. The fourth-order valence-corrected chi connectivity index (χ4v) is 3.57. The van der Waals surface area contributed by atoms with Crippen molar-refractivity contribution in [2.45, 2.75) is 38.3 Å². The highest BCUT2D eigenvalue weighted by molar-refractivity contribution is 7.09. The summed E-state index contributed by atoms with van der Waals surface area (Å²) in [5.41, 5.74) is 0. The number of nitrogens with one attached hydrogen (secondary N) is 1. The number of aromatic nitrogens is 3. The Balaban J connectivity index is 1.54. The number of piperidine rings is 1. The van der Waals surface area contributed by atoms with Crippen molar-refractivity contribution in [2.75, 3.05) is 18.0 Å². The zero-order valence-corrected chi connectivity index (χ0v) is 13.1. The summed E-state index contributed by atoms with van der Waals surface area (Å²) in [7, 11) is 0. The van der Waals surface area contributed by atoms with Crippen LogP contribution in [0.25, 0.3) is 0 Å². The number of nitrogens with zero attached hydrogens (tertiary/aromatic N) is 4. The highest BCUT2D eigenvalue weighted by atomic mass is 32.1. The Bertz CT molecular complexity index is 522. The van der Waals surface area contributed by atoms with Crippen LogP contribution in [-0.2, 0) is 0 Å². The topological polar surface area (TPSA) is 53.9 Å². The first-order valence-electron chi connectivity index (χ1n) is 7.55. The summed E-state index contributed by atoms with van der Waals surface area (Å²) in [4.78, 5) is 6.76. The molecule has 0 aliphatic carbocycles. The molecule has 5 nitrogen and oxygen atoms in total. The summed E-state index contributed by atoms with van der Waals surface area (Å²) in [5, 5.41) is 15.2. The van der Waals surface area contributed by atoms with Crippen molar-refractivity contribution in [1.29, 1.82) is 0 Å². The van der Waals surface area contributed by atoms with Crippen LogP contribution in [0, 0.1) is 0 Å². The molecule has 1 aliphatic rings. The van der Waals surface area contributed by atoms with E-state index in [0.29, 0.717) is 12.1 Å². The van der Waals surface area contributed by atoms with Gasteiger partial charge in [-0.05, 0) is 31.4 Å². The van der Waals surface area contributed by atoms with Crippen molar-refractivity contribution in [3.8, 4) is 0 Å². The van der Waals surface area contributed by atoms with Crippen LogP contribution in [0.2, 0.25) is 0 Å². The van der Waals surface area contributed by atoms with Crippen molar-refractivity contribution < 1.29 is 0 Å². The molecule has 21 heavy (non-hydrogen) atoms. The summed E-state index contributed by atoms with van der Waals surface area (Å²) in [6.07, 6.45) is 6.97. The van der Waals surface area contributed by atoms with Gasteiger partial charge in [0.15, 0.2) is 5.82 Å². The zero-order valence-electron chi connectivity index (χ0n) is 12.3. The second kappa shape index (κ2) is 6.95. The average molecular weight is 303 g/mol. The Morgan fingerprint density at radius 1 is 1.38 bits per heavy atom. The van der Waals surface area contributed by atoms with Crippen LogP contribution in [-0.4, -0.2) is 34.3 Å². The lowest BCUT2D eigenvalue weighted by Gasteiger charge is -2.34. The molecule has 1 atom stereocenters. The Labute approximate surface area is 129 Å². The van der Waals surface area contributed by atoms with E-state index in [1.807, 2.05) is 18.3 Å². The van der Waals surface area contributed by atoms with Crippen LogP contribution in [0.3, 0.4) is 0 Å². The van der Waals surface area contributed by atoms with E-state index in [4.69, 9.17) is 0 Å². The van der Waals surface area contributed by atoms with Gasteiger partial charge in [-0.1, -0.05) is 6.92 Å². The van der Waals surface area contributed by atoms with Crippen LogP contribution in [0.1, 0.15) is 37.2 Å². The second-order valence-corrected chi connectivity index (χ2v) is 6.27. The summed E-state index contributed by atoms with van der Waals surface area (Å²) in [5.74, 6) is 0.989. The quantitative estimate of drug-likeness (QED) is 0.920. The summed E-state index contributed by atoms with van der Waals surface area (Å²) in [6, 6.07) is 4.93. The van der Waals surface area contributed by atoms with Crippen molar-refractivity contribution in [2.24, 2.45) is 0 Å². The Kier molecular flexibility index (Phi) is 4.77. The Morgan fingerprint density at radius 2 is 2.24 bits per heavy atom. The van der Waals surface area contributed by atoms with Crippen LogP contribution in [0.4, 0.5) is 5.82 Å². The third kappa shape index (κ3) is 3.57. The number of hydrogen-bond donors (Lipinski definition) is 1.